The van der Waals surface area contributed by atoms with Gasteiger partial charge in [0.1, 0.15) is 0 Å². The van der Waals surface area contributed by atoms with Crippen LogP contribution in [0, 0.1) is 0 Å². The van der Waals surface area contributed by atoms with Gasteiger partial charge in [-0.05, 0) is 45.6 Å². The van der Waals surface area contributed by atoms with Crippen molar-refractivity contribution in [1.82, 2.24) is 5.32 Å². The first-order valence-corrected chi connectivity index (χ1v) is 10.8. The van der Waals surface area contributed by atoms with Gasteiger partial charge in [-0.1, -0.05) is 38.5 Å². The molecule has 0 aliphatic heterocycles. The van der Waals surface area contributed by atoms with E-state index in [0.29, 0.717) is 0 Å². The van der Waals surface area contributed by atoms with Crippen molar-refractivity contribution in [3.63, 3.8) is 0 Å². The van der Waals surface area contributed by atoms with Gasteiger partial charge in [0.2, 0.25) is 0 Å². The first-order chi connectivity index (χ1) is 11.8. The SMILES string of the molecule is C1CCC(NC2CCCCC2)CC1.CC=C=C(C)C(=O)OP(=O)(O)O. The Labute approximate surface area is 151 Å². The Hall–Kier alpha value is -0.900. The molecule has 25 heavy (non-hydrogen) atoms. The van der Waals surface area contributed by atoms with Crippen molar-refractivity contribution in [2.45, 2.75) is 90.1 Å². The van der Waals surface area contributed by atoms with Crippen LogP contribution >= 0.6 is 7.82 Å². The van der Waals surface area contributed by atoms with Gasteiger partial charge in [0.15, 0.2) is 0 Å². The van der Waals surface area contributed by atoms with Crippen molar-refractivity contribution >= 4 is 13.8 Å². The summed E-state index contributed by atoms with van der Waals surface area (Å²) in [5.41, 5.74) is 2.46. The maximum Gasteiger partial charge on any atom is 0.527 e. The van der Waals surface area contributed by atoms with Crippen LogP contribution in [0.2, 0.25) is 0 Å². The van der Waals surface area contributed by atoms with Gasteiger partial charge in [0.25, 0.3) is 0 Å². The summed E-state index contributed by atoms with van der Waals surface area (Å²) in [7, 11) is -4.72. The molecule has 0 radical (unpaired) electrons. The number of carbonyl (C=O) groups excluding carboxylic acids is 1. The summed E-state index contributed by atoms with van der Waals surface area (Å²) in [6.07, 6.45) is 16.0. The summed E-state index contributed by atoms with van der Waals surface area (Å²) >= 11 is 0. The first-order valence-electron chi connectivity index (χ1n) is 9.25. The minimum Gasteiger partial charge on any atom is -0.367 e. The zero-order chi connectivity index (χ0) is 18.7. The lowest BCUT2D eigenvalue weighted by Crippen LogP contribution is -2.40. The monoisotopic (exact) mass is 373 g/mol. The van der Waals surface area contributed by atoms with Gasteiger partial charge < -0.3 is 9.84 Å². The normalized spacial score (nSPS) is 19.2. The lowest BCUT2D eigenvalue weighted by atomic mass is 9.91. The van der Waals surface area contributed by atoms with Crippen LogP contribution in [0.4, 0.5) is 0 Å². The van der Waals surface area contributed by atoms with E-state index in [9.17, 15) is 9.36 Å². The molecule has 2 saturated carbocycles. The molecule has 6 nitrogen and oxygen atoms in total. The second-order valence-electron chi connectivity index (χ2n) is 6.76. The molecule has 7 heteroatoms. The van der Waals surface area contributed by atoms with Gasteiger partial charge in [-0.2, -0.15) is 0 Å². The van der Waals surface area contributed by atoms with E-state index in [2.05, 4.69) is 15.6 Å². The predicted octanol–water partition coefficient (Wildman–Crippen LogP) is 3.99. The first kappa shape index (κ1) is 22.1. The third-order valence-electron chi connectivity index (χ3n) is 4.55. The van der Waals surface area contributed by atoms with Crippen molar-refractivity contribution in [3.05, 3.63) is 17.4 Å². The summed E-state index contributed by atoms with van der Waals surface area (Å²) < 4.78 is 13.9. The van der Waals surface area contributed by atoms with E-state index in [-0.39, 0.29) is 5.57 Å². The van der Waals surface area contributed by atoms with Crippen LogP contribution in [-0.4, -0.2) is 27.8 Å². The van der Waals surface area contributed by atoms with Crippen LogP contribution < -0.4 is 5.32 Å². The molecule has 0 spiro atoms. The second-order valence-corrected chi connectivity index (χ2v) is 7.93. The fraction of sp³-hybridized carbons (Fsp3) is 0.778. The number of carbonyl (C=O) groups is 1. The molecule has 0 heterocycles. The highest BCUT2D eigenvalue weighted by Gasteiger charge is 2.21. The molecule has 2 aliphatic rings. The molecule has 0 aromatic heterocycles. The van der Waals surface area contributed by atoms with E-state index < -0.39 is 13.8 Å². The topological polar surface area (TPSA) is 95.9 Å². The maximum absolute atomic E-state index is 10.7. The third-order valence-corrected chi connectivity index (χ3v) is 4.95. The van der Waals surface area contributed by atoms with Crippen molar-refractivity contribution in [1.29, 1.82) is 0 Å². The van der Waals surface area contributed by atoms with E-state index in [1.165, 1.54) is 77.2 Å². The quantitative estimate of drug-likeness (QED) is 0.392. The third kappa shape index (κ3) is 10.6. The maximum atomic E-state index is 10.7. The number of hydrogen-bond donors (Lipinski definition) is 3. The fourth-order valence-electron chi connectivity index (χ4n) is 3.32. The summed E-state index contributed by atoms with van der Waals surface area (Å²) in [4.78, 5) is 27.2. The molecule has 144 valence electrons. The molecule has 0 amide bonds. The lowest BCUT2D eigenvalue weighted by Gasteiger charge is -2.30. The van der Waals surface area contributed by atoms with Crippen molar-refractivity contribution < 1.29 is 23.7 Å². The molecular formula is C18H32NO5P. The van der Waals surface area contributed by atoms with Crippen LogP contribution in [0.3, 0.4) is 0 Å². The van der Waals surface area contributed by atoms with Gasteiger partial charge >= 0.3 is 13.8 Å². The van der Waals surface area contributed by atoms with Crippen LogP contribution in [-0.2, 0) is 13.9 Å². The van der Waals surface area contributed by atoms with Crippen LogP contribution in [0.15, 0.2) is 17.4 Å². The highest BCUT2D eigenvalue weighted by atomic mass is 31.2. The molecule has 3 N–H and O–H groups in total. The standard InChI is InChI=1S/C12H23N.C6H9O5P/c1-3-7-11(8-4-1)13-12-9-5-2-6-10-12;1-3-4-5(2)6(7)11-12(8,9)10/h11-13H,1-10H2;3H,1-2H3,(H2,8,9,10). The Kier molecular flexibility index (Phi) is 10.3. The Bertz CT molecular complexity index is 494. The van der Waals surface area contributed by atoms with Crippen molar-refractivity contribution in [3.8, 4) is 0 Å². The molecule has 0 bridgehead atoms. The Morgan fingerprint density at radius 1 is 1.04 bits per heavy atom. The smallest absolute Gasteiger partial charge is 0.367 e. The average Bonchev–Trinajstić information content (AvgIpc) is 2.56. The van der Waals surface area contributed by atoms with E-state index in [1.807, 2.05) is 0 Å². The van der Waals surface area contributed by atoms with E-state index in [0.717, 1.165) is 12.1 Å². The summed E-state index contributed by atoms with van der Waals surface area (Å²) in [6.45, 7) is 2.96. The number of rotatable bonds is 4. The molecule has 0 aromatic carbocycles. The van der Waals surface area contributed by atoms with Gasteiger partial charge in [-0.3, -0.25) is 9.79 Å². The largest absolute Gasteiger partial charge is 0.527 e. The Morgan fingerprint density at radius 2 is 1.48 bits per heavy atom. The molecule has 0 unspecified atom stereocenters. The second kappa shape index (κ2) is 11.7. The van der Waals surface area contributed by atoms with E-state index >= 15 is 0 Å². The fourth-order valence-corrected chi connectivity index (χ4v) is 3.68. The van der Waals surface area contributed by atoms with Crippen molar-refractivity contribution in [2.24, 2.45) is 0 Å². The number of hydrogen-bond acceptors (Lipinski definition) is 4. The molecule has 0 saturated heterocycles. The van der Waals surface area contributed by atoms with Crippen LogP contribution in [0.5, 0.6) is 0 Å². The van der Waals surface area contributed by atoms with Gasteiger partial charge in [-0.25, -0.2) is 9.36 Å². The highest BCUT2D eigenvalue weighted by molar-refractivity contribution is 7.46. The van der Waals surface area contributed by atoms with E-state index in [1.54, 1.807) is 6.92 Å². The Morgan fingerprint density at radius 3 is 1.84 bits per heavy atom. The predicted molar refractivity (Wildman–Crippen MR) is 98.0 cm³/mol. The van der Waals surface area contributed by atoms with Crippen LogP contribution in [0.25, 0.3) is 0 Å². The molecule has 2 aliphatic carbocycles. The molecule has 0 atom stereocenters. The van der Waals surface area contributed by atoms with Gasteiger partial charge in [0, 0.05) is 12.1 Å². The lowest BCUT2D eigenvalue weighted by molar-refractivity contribution is -0.131. The minimum absolute atomic E-state index is 0.0147. The molecule has 0 aromatic rings. The summed E-state index contributed by atoms with van der Waals surface area (Å²) in [5, 5.41) is 3.86. The molecule has 2 rings (SSSR count). The zero-order valence-electron chi connectivity index (χ0n) is 15.4. The number of nitrogens with one attached hydrogen (secondary N) is 1. The zero-order valence-corrected chi connectivity index (χ0v) is 16.3. The number of phosphoric acid groups is 1. The highest BCUT2D eigenvalue weighted by Crippen LogP contribution is 2.36. The van der Waals surface area contributed by atoms with E-state index in [4.69, 9.17) is 9.79 Å². The number of phosphoric ester groups is 1. The van der Waals surface area contributed by atoms with Crippen molar-refractivity contribution in [2.75, 3.05) is 0 Å². The minimum atomic E-state index is -4.72. The van der Waals surface area contributed by atoms with Crippen LogP contribution in [0.1, 0.15) is 78.1 Å². The molecule has 2 fully saturated rings. The summed E-state index contributed by atoms with van der Waals surface area (Å²) in [5.74, 6) is -1.07. The summed E-state index contributed by atoms with van der Waals surface area (Å²) in [6, 6.07) is 1.74. The van der Waals surface area contributed by atoms with Gasteiger partial charge in [-0.15, -0.1) is 5.73 Å². The average molecular weight is 373 g/mol. The van der Waals surface area contributed by atoms with Gasteiger partial charge in [0.05, 0.1) is 5.57 Å². The Balaban J connectivity index is 0.000000252. The molecular weight excluding hydrogens is 341 g/mol.